The summed E-state index contributed by atoms with van der Waals surface area (Å²) in [5.41, 5.74) is 3.91. The van der Waals surface area contributed by atoms with E-state index in [1.165, 1.54) is 6.07 Å². The summed E-state index contributed by atoms with van der Waals surface area (Å²) in [5, 5.41) is 4.55. The van der Waals surface area contributed by atoms with Crippen LogP contribution in [0.4, 0.5) is 10.1 Å². The van der Waals surface area contributed by atoms with E-state index in [2.05, 4.69) is 10.1 Å². The highest BCUT2D eigenvalue weighted by Crippen LogP contribution is 2.35. The minimum Gasteiger partial charge on any atom is -0.335 e. The molecule has 3 heterocycles. The third kappa shape index (κ3) is 2.71. The fourth-order valence-corrected chi connectivity index (χ4v) is 4.08. The molecule has 0 saturated heterocycles. The van der Waals surface area contributed by atoms with Crippen LogP contribution in [0.3, 0.4) is 0 Å². The summed E-state index contributed by atoms with van der Waals surface area (Å²) < 4.78 is 19.7. The molecule has 0 aliphatic carbocycles. The number of aromatic nitrogens is 2. The van der Waals surface area contributed by atoms with Crippen LogP contribution < -0.4 is 4.90 Å². The van der Waals surface area contributed by atoms with E-state index in [1.807, 2.05) is 31.2 Å². The van der Waals surface area contributed by atoms with Crippen LogP contribution >= 0.6 is 0 Å². The van der Waals surface area contributed by atoms with Gasteiger partial charge in [0.2, 0.25) is 0 Å². The summed E-state index contributed by atoms with van der Waals surface area (Å²) in [6.45, 7) is 3.79. The second kappa shape index (κ2) is 6.51. The first-order valence-electron chi connectivity index (χ1n) is 9.48. The molecule has 0 fully saturated rings. The minimum absolute atomic E-state index is 0.0141. The number of amides is 1. The molecule has 1 amide bonds. The number of nitrogens with zero attached hydrogens (tertiary/aromatic N) is 3. The van der Waals surface area contributed by atoms with E-state index in [4.69, 9.17) is 4.52 Å². The van der Waals surface area contributed by atoms with Gasteiger partial charge >= 0.3 is 0 Å². The number of carbonyl (C=O) groups is 1. The van der Waals surface area contributed by atoms with Crippen molar-refractivity contribution < 1.29 is 13.7 Å². The lowest BCUT2D eigenvalue weighted by atomic mass is 10.0. The van der Waals surface area contributed by atoms with E-state index in [-0.39, 0.29) is 17.7 Å². The molecule has 29 heavy (non-hydrogen) atoms. The van der Waals surface area contributed by atoms with Gasteiger partial charge < -0.3 is 9.42 Å². The predicted octanol–water partition coefficient (Wildman–Crippen LogP) is 4.93. The van der Waals surface area contributed by atoms with Gasteiger partial charge in [0.15, 0.2) is 0 Å². The van der Waals surface area contributed by atoms with Crippen molar-refractivity contribution in [2.24, 2.45) is 0 Å². The maximum atomic E-state index is 14.4. The van der Waals surface area contributed by atoms with Gasteiger partial charge in [0, 0.05) is 17.3 Å². The third-order valence-electron chi connectivity index (χ3n) is 5.42. The van der Waals surface area contributed by atoms with Gasteiger partial charge in [-0.1, -0.05) is 35.5 Å². The quantitative estimate of drug-likeness (QED) is 0.489. The Bertz CT molecular complexity index is 1260. The Labute approximate surface area is 166 Å². The van der Waals surface area contributed by atoms with Gasteiger partial charge in [-0.05, 0) is 50.1 Å². The largest absolute Gasteiger partial charge is 0.335 e. The fraction of sp³-hybridized carbons (Fsp3) is 0.174. The molecule has 0 N–H and O–H groups in total. The van der Waals surface area contributed by atoms with Gasteiger partial charge in [-0.25, -0.2) is 9.37 Å². The SMILES string of the molecule is Cc1noc2nc(-c3ccccc3F)cc(C(=O)N3c4ccccc4CC3C)c12. The molecule has 0 radical (unpaired) electrons. The zero-order valence-electron chi connectivity index (χ0n) is 16.0. The molecule has 1 unspecified atom stereocenters. The lowest BCUT2D eigenvalue weighted by molar-refractivity contribution is 0.0983. The maximum Gasteiger partial charge on any atom is 0.259 e. The Hall–Kier alpha value is -3.54. The zero-order valence-corrected chi connectivity index (χ0v) is 16.0. The van der Waals surface area contributed by atoms with Crippen LogP contribution in [-0.4, -0.2) is 22.1 Å². The molecule has 0 saturated carbocycles. The van der Waals surface area contributed by atoms with Gasteiger partial charge in [0.05, 0.1) is 22.3 Å². The molecule has 2 aromatic heterocycles. The van der Waals surface area contributed by atoms with E-state index >= 15 is 0 Å². The smallest absolute Gasteiger partial charge is 0.259 e. The van der Waals surface area contributed by atoms with Crippen LogP contribution in [0.2, 0.25) is 0 Å². The highest BCUT2D eigenvalue weighted by Gasteiger charge is 2.33. The molecule has 1 aliphatic rings. The Kier molecular flexibility index (Phi) is 3.94. The summed E-state index contributed by atoms with van der Waals surface area (Å²) in [4.78, 5) is 19.9. The van der Waals surface area contributed by atoms with Gasteiger partial charge in [0.1, 0.15) is 5.82 Å². The summed E-state index contributed by atoms with van der Waals surface area (Å²) in [7, 11) is 0. The number of hydrogen-bond acceptors (Lipinski definition) is 4. The number of halogens is 1. The Morgan fingerprint density at radius 1 is 1.17 bits per heavy atom. The minimum atomic E-state index is -0.408. The number of anilines is 1. The van der Waals surface area contributed by atoms with Gasteiger partial charge in [-0.15, -0.1) is 0 Å². The first kappa shape index (κ1) is 17.6. The van der Waals surface area contributed by atoms with Gasteiger partial charge in [-0.3, -0.25) is 4.79 Å². The number of benzene rings is 2. The first-order valence-corrected chi connectivity index (χ1v) is 9.48. The fourth-order valence-electron chi connectivity index (χ4n) is 4.08. The van der Waals surface area contributed by atoms with Gasteiger partial charge in [0.25, 0.3) is 11.6 Å². The van der Waals surface area contributed by atoms with Crippen LogP contribution in [0.25, 0.3) is 22.4 Å². The summed E-state index contributed by atoms with van der Waals surface area (Å²) in [6.07, 6.45) is 0.791. The number of carbonyl (C=O) groups excluding carboxylic acids is 1. The Morgan fingerprint density at radius 3 is 2.76 bits per heavy atom. The zero-order chi connectivity index (χ0) is 20.1. The molecule has 4 aromatic rings. The molecule has 1 atom stereocenters. The molecule has 6 heteroatoms. The lowest BCUT2D eigenvalue weighted by Gasteiger charge is -2.23. The number of para-hydroxylation sites is 1. The number of rotatable bonds is 2. The normalized spacial score (nSPS) is 15.7. The molecular formula is C23H18FN3O2. The van der Waals surface area contributed by atoms with E-state index in [9.17, 15) is 9.18 Å². The Morgan fingerprint density at radius 2 is 1.93 bits per heavy atom. The van der Waals surface area contributed by atoms with E-state index in [1.54, 1.807) is 36.1 Å². The molecule has 144 valence electrons. The Balaban J connectivity index is 1.71. The van der Waals surface area contributed by atoms with Crippen molar-refractivity contribution in [3.8, 4) is 11.3 Å². The van der Waals surface area contributed by atoms with Crippen LogP contribution in [0, 0.1) is 12.7 Å². The van der Waals surface area contributed by atoms with E-state index < -0.39 is 5.82 Å². The molecule has 5 nitrogen and oxygen atoms in total. The van der Waals surface area contributed by atoms with Crippen molar-refractivity contribution in [2.75, 3.05) is 4.90 Å². The molecular weight excluding hydrogens is 369 g/mol. The van der Waals surface area contributed by atoms with Crippen molar-refractivity contribution in [1.29, 1.82) is 0 Å². The molecule has 5 rings (SSSR count). The van der Waals surface area contributed by atoms with Crippen LogP contribution in [0.5, 0.6) is 0 Å². The van der Waals surface area contributed by atoms with Crippen molar-refractivity contribution in [3.05, 3.63) is 77.2 Å². The standard InChI is InChI=1S/C23H18FN3O2/c1-13-11-15-7-3-6-10-20(15)27(13)23(28)17-12-19(16-8-4-5-9-18(16)24)25-22-21(17)14(2)26-29-22/h3-10,12-13H,11H2,1-2H3. The van der Waals surface area contributed by atoms with Crippen molar-refractivity contribution in [3.63, 3.8) is 0 Å². The number of aryl methyl sites for hydroxylation is 1. The van der Waals surface area contributed by atoms with Crippen LogP contribution in [-0.2, 0) is 6.42 Å². The van der Waals surface area contributed by atoms with E-state index in [0.717, 1.165) is 17.7 Å². The number of pyridine rings is 1. The van der Waals surface area contributed by atoms with Crippen LogP contribution in [0.1, 0.15) is 28.5 Å². The summed E-state index contributed by atoms with van der Waals surface area (Å²) in [5.74, 6) is -0.576. The number of hydrogen-bond donors (Lipinski definition) is 0. The molecule has 1 aliphatic heterocycles. The molecule has 2 aromatic carbocycles. The maximum absolute atomic E-state index is 14.4. The summed E-state index contributed by atoms with van der Waals surface area (Å²) in [6, 6.07) is 15.9. The molecule has 0 spiro atoms. The predicted molar refractivity (Wildman–Crippen MR) is 108 cm³/mol. The number of fused-ring (bicyclic) bond motifs is 2. The van der Waals surface area contributed by atoms with Crippen molar-refractivity contribution in [1.82, 2.24) is 10.1 Å². The second-order valence-corrected chi connectivity index (χ2v) is 7.34. The monoisotopic (exact) mass is 387 g/mol. The van der Waals surface area contributed by atoms with Crippen molar-refractivity contribution in [2.45, 2.75) is 26.3 Å². The molecule has 0 bridgehead atoms. The second-order valence-electron chi connectivity index (χ2n) is 7.34. The topological polar surface area (TPSA) is 59.2 Å². The average Bonchev–Trinajstić information content (AvgIpc) is 3.26. The van der Waals surface area contributed by atoms with Crippen molar-refractivity contribution >= 4 is 22.7 Å². The lowest BCUT2D eigenvalue weighted by Crippen LogP contribution is -2.36. The first-order chi connectivity index (χ1) is 14.0. The highest BCUT2D eigenvalue weighted by atomic mass is 19.1. The highest BCUT2D eigenvalue weighted by molar-refractivity contribution is 6.15. The van der Waals surface area contributed by atoms with Gasteiger partial charge in [-0.2, -0.15) is 0 Å². The summed E-state index contributed by atoms with van der Waals surface area (Å²) >= 11 is 0. The van der Waals surface area contributed by atoms with E-state index in [0.29, 0.717) is 27.9 Å². The van der Waals surface area contributed by atoms with Crippen LogP contribution in [0.15, 0.2) is 59.1 Å². The third-order valence-corrected chi connectivity index (χ3v) is 5.42. The average molecular weight is 387 g/mol.